The van der Waals surface area contributed by atoms with Crippen LogP contribution in [0.25, 0.3) is 0 Å². The molecule has 2 heterocycles. The molecule has 0 radical (unpaired) electrons. The maximum absolute atomic E-state index is 11.4. The lowest BCUT2D eigenvalue weighted by Gasteiger charge is -2.47. The summed E-state index contributed by atoms with van der Waals surface area (Å²) in [6.45, 7) is 4.33. The molecule has 0 saturated carbocycles. The third-order valence-corrected chi connectivity index (χ3v) is 4.58. The van der Waals surface area contributed by atoms with Gasteiger partial charge in [-0.2, -0.15) is 0 Å². The molecular weight excluding hydrogens is 240 g/mol. The van der Waals surface area contributed by atoms with Crippen LogP contribution in [0.5, 0.6) is 0 Å². The van der Waals surface area contributed by atoms with Crippen molar-refractivity contribution in [3.8, 4) is 0 Å². The minimum Gasteiger partial charge on any atom is -0.379 e. The van der Waals surface area contributed by atoms with Crippen LogP contribution < -0.4 is 11.1 Å². The Bertz CT molecular complexity index is 505. The van der Waals surface area contributed by atoms with Gasteiger partial charge in [-0.05, 0) is 29.7 Å². The Hall–Kier alpha value is -1.39. The number of hydrogen-bond acceptors (Lipinski definition) is 3. The molecule has 1 fully saturated rings. The molecule has 3 rings (SSSR count). The summed E-state index contributed by atoms with van der Waals surface area (Å²) in [6.07, 6.45) is 1.54. The van der Waals surface area contributed by atoms with Crippen molar-refractivity contribution in [2.75, 3.05) is 25.1 Å². The molecule has 1 aromatic carbocycles. The summed E-state index contributed by atoms with van der Waals surface area (Å²) in [6, 6.07) is 6.29. The summed E-state index contributed by atoms with van der Waals surface area (Å²) in [5.41, 5.74) is 9.29. The van der Waals surface area contributed by atoms with Gasteiger partial charge in [0.25, 0.3) is 0 Å². The molecule has 0 aliphatic carbocycles. The fraction of sp³-hybridized carbons (Fsp3) is 0.533. The Kier molecular flexibility index (Phi) is 3.07. The number of carbonyl (C=O) groups is 1. The van der Waals surface area contributed by atoms with Crippen LogP contribution in [-0.2, 0) is 21.4 Å². The Morgan fingerprint density at radius 3 is 2.84 bits per heavy atom. The van der Waals surface area contributed by atoms with Crippen LogP contribution in [0.1, 0.15) is 24.5 Å². The molecule has 0 bridgehead atoms. The third kappa shape index (κ3) is 1.86. The monoisotopic (exact) mass is 260 g/mol. The highest BCUT2D eigenvalue weighted by Gasteiger charge is 2.46. The van der Waals surface area contributed by atoms with Gasteiger partial charge in [0.15, 0.2) is 0 Å². The summed E-state index contributed by atoms with van der Waals surface area (Å²) in [5.74, 6) is 0.515. The zero-order valence-corrected chi connectivity index (χ0v) is 11.2. The van der Waals surface area contributed by atoms with Gasteiger partial charge < -0.3 is 15.8 Å². The van der Waals surface area contributed by atoms with E-state index in [1.165, 1.54) is 5.56 Å². The van der Waals surface area contributed by atoms with Crippen LogP contribution in [-0.4, -0.2) is 25.7 Å². The van der Waals surface area contributed by atoms with E-state index >= 15 is 0 Å². The minimum atomic E-state index is 0.0458. The van der Waals surface area contributed by atoms with E-state index in [0.29, 0.717) is 18.9 Å². The van der Waals surface area contributed by atoms with Gasteiger partial charge in [-0.15, -0.1) is 0 Å². The molecule has 0 spiro atoms. The maximum atomic E-state index is 11.4. The normalized spacial score (nSPS) is 21.5. The van der Waals surface area contributed by atoms with Crippen molar-refractivity contribution in [1.82, 2.24) is 0 Å². The zero-order chi connectivity index (χ0) is 13.5. The number of benzene rings is 1. The average Bonchev–Trinajstić information content (AvgIpc) is 2.72. The van der Waals surface area contributed by atoms with Gasteiger partial charge in [-0.3, -0.25) is 4.79 Å². The molecule has 1 saturated heterocycles. The molecule has 4 heteroatoms. The molecule has 3 N–H and O–H groups in total. The molecule has 1 amide bonds. The SMILES string of the molecule is CCC(CN)C1(c2ccc3c(c2)CC(=O)N3)COC1. The molecule has 102 valence electrons. The molecule has 1 aromatic rings. The standard InChI is InChI=1S/C15H20N2O2/c1-2-11(7-16)15(8-19-9-15)12-3-4-13-10(5-12)6-14(18)17-13/h3-5,11H,2,6-9,16H2,1H3,(H,17,18). The topological polar surface area (TPSA) is 64.4 Å². The van der Waals surface area contributed by atoms with Crippen molar-refractivity contribution in [3.63, 3.8) is 0 Å². The number of fused-ring (bicyclic) bond motifs is 1. The number of ether oxygens (including phenoxy) is 1. The molecule has 0 aromatic heterocycles. The maximum Gasteiger partial charge on any atom is 0.228 e. The first-order valence-electron chi connectivity index (χ1n) is 6.90. The summed E-state index contributed by atoms with van der Waals surface area (Å²) >= 11 is 0. The molecule has 2 aliphatic heterocycles. The Balaban J connectivity index is 1.97. The van der Waals surface area contributed by atoms with Crippen molar-refractivity contribution in [2.24, 2.45) is 11.7 Å². The van der Waals surface area contributed by atoms with Gasteiger partial charge in [0.2, 0.25) is 5.91 Å². The smallest absolute Gasteiger partial charge is 0.228 e. The quantitative estimate of drug-likeness (QED) is 0.861. The van der Waals surface area contributed by atoms with E-state index in [4.69, 9.17) is 10.5 Å². The average molecular weight is 260 g/mol. The van der Waals surface area contributed by atoms with Crippen molar-refractivity contribution in [1.29, 1.82) is 0 Å². The van der Waals surface area contributed by atoms with Crippen molar-refractivity contribution in [3.05, 3.63) is 29.3 Å². The van der Waals surface area contributed by atoms with Crippen LogP contribution in [0.3, 0.4) is 0 Å². The first kappa shape index (κ1) is 12.6. The predicted octanol–water partition coefficient (Wildman–Crippen LogP) is 1.43. The highest BCUT2D eigenvalue weighted by Crippen LogP contribution is 2.42. The van der Waals surface area contributed by atoms with E-state index < -0.39 is 0 Å². The minimum absolute atomic E-state index is 0.0458. The molecule has 1 atom stereocenters. The Morgan fingerprint density at radius 1 is 1.47 bits per heavy atom. The third-order valence-electron chi connectivity index (χ3n) is 4.58. The predicted molar refractivity (Wildman–Crippen MR) is 74.1 cm³/mol. The van der Waals surface area contributed by atoms with Crippen molar-refractivity contribution >= 4 is 11.6 Å². The lowest BCUT2D eigenvalue weighted by molar-refractivity contribution is -0.115. The van der Waals surface area contributed by atoms with E-state index in [-0.39, 0.29) is 11.3 Å². The molecule has 19 heavy (non-hydrogen) atoms. The molecule has 2 aliphatic rings. The lowest BCUT2D eigenvalue weighted by Crippen LogP contribution is -2.54. The number of nitrogens with two attached hydrogens (primary N) is 1. The number of nitrogens with one attached hydrogen (secondary N) is 1. The van der Waals surface area contributed by atoms with Gasteiger partial charge in [0, 0.05) is 11.1 Å². The second-order valence-electron chi connectivity index (χ2n) is 5.59. The Labute approximate surface area is 113 Å². The fourth-order valence-corrected chi connectivity index (χ4v) is 3.28. The van der Waals surface area contributed by atoms with Gasteiger partial charge in [-0.1, -0.05) is 25.5 Å². The number of amides is 1. The van der Waals surface area contributed by atoms with E-state index in [1.807, 2.05) is 6.07 Å². The summed E-state index contributed by atoms with van der Waals surface area (Å²) in [5, 5.41) is 2.87. The van der Waals surface area contributed by atoms with E-state index in [2.05, 4.69) is 24.4 Å². The van der Waals surface area contributed by atoms with Crippen LogP contribution in [0.2, 0.25) is 0 Å². The number of anilines is 1. The van der Waals surface area contributed by atoms with Gasteiger partial charge in [-0.25, -0.2) is 0 Å². The largest absolute Gasteiger partial charge is 0.379 e. The van der Waals surface area contributed by atoms with Gasteiger partial charge in [0.05, 0.1) is 19.6 Å². The lowest BCUT2D eigenvalue weighted by atomic mass is 9.67. The Morgan fingerprint density at radius 2 is 2.26 bits per heavy atom. The van der Waals surface area contributed by atoms with E-state index in [9.17, 15) is 4.79 Å². The van der Waals surface area contributed by atoms with Gasteiger partial charge in [0.1, 0.15) is 0 Å². The highest BCUT2D eigenvalue weighted by molar-refractivity contribution is 5.99. The van der Waals surface area contributed by atoms with Gasteiger partial charge >= 0.3 is 0 Å². The van der Waals surface area contributed by atoms with Crippen LogP contribution in [0.4, 0.5) is 5.69 Å². The second-order valence-corrected chi connectivity index (χ2v) is 5.59. The van der Waals surface area contributed by atoms with Crippen LogP contribution in [0, 0.1) is 5.92 Å². The first-order chi connectivity index (χ1) is 9.19. The first-order valence-corrected chi connectivity index (χ1v) is 6.90. The molecule has 4 nitrogen and oxygen atoms in total. The van der Waals surface area contributed by atoms with Crippen molar-refractivity contribution in [2.45, 2.75) is 25.2 Å². The van der Waals surface area contributed by atoms with Crippen LogP contribution >= 0.6 is 0 Å². The van der Waals surface area contributed by atoms with Crippen LogP contribution in [0.15, 0.2) is 18.2 Å². The highest BCUT2D eigenvalue weighted by atomic mass is 16.5. The zero-order valence-electron chi connectivity index (χ0n) is 11.2. The summed E-state index contributed by atoms with van der Waals surface area (Å²) in [4.78, 5) is 11.4. The number of rotatable bonds is 4. The summed E-state index contributed by atoms with van der Waals surface area (Å²) < 4.78 is 5.48. The van der Waals surface area contributed by atoms with E-state index in [0.717, 1.165) is 30.9 Å². The van der Waals surface area contributed by atoms with E-state index in [1.54, 1.807) is 0 Å². The summed E-state index contributed by atoms with van der Waals surface area (Å²) in [7, 11) is 0. The fourth-order valence-electron chi connectivity index (χ4n) is 3.28. The number of hydrogen-bond donors (Lipinski definition) is 2. The second kappa shape index (κ2) is 4.62. The molecule has 1 unspecified atom stereocenters. The number of carbonyl (C=O) groups excluding carboxylic acids is 1. The molecular formula is C15H20N2O2. The van der Waals surface area contributed by atoms with Crippen molar-refractivity contribution < 1.29 is 9.53 Å².